The first-order valence-electron chi connectivity index (χ1n) is 6.23. The second kappa shape index (κ2) is 5.82. The van der Waals surface area contributed by atoms with Crippen LogP contribution in [0.15, 0.2) is 12.4 Å². The molecule has 0 aliphatic carbocycles. The molecule has 1 atom stereocenters. The highest BCUT2D eigenvalue weighted by atomic mass is 16.1. The average Bonchev–Trinajstić information content (AvgIpc) is 2.76. The summed E-state index contributed by atoms with van der Waals surface area (Å²) in [4.78, 5) is 11.8. The van der Waals surface area contributed by atoms with Gasteiger partial charge >= 0.3 is 0 Å². The highest BCUT2D eigenvalue weighted by Gasteiger charge is 2.19. The minimum absolute atomic E-state index is 0.142. The molecule has 0 unspecified atom stereocenters. The van der Waals surface area contributed by atoms with Crippen LogP contribution in [-0.2, 0) is 11.3 Å². The van der Waals surface area contributed by atoms with Gasteiger partial charge in [-0.05, 0) is 31.9 Å². The number of aromatic nitrogens is 2. The van der Waals surface area contributed by atoms with Crippen LogP contribution in [0.25, 0.3) is 0 Å². The summed E-state index contributed by atoms with van der Waals surface area (Å²) >= 11 is 0. The van der Waals surface area contributed by atoms with Crippen molar-refractivity contribution >= 4 is 5.91 Å². The van der Waals surface area contributed by atoms with Gasteiger partial charge in [0.15, 0.2) is 0 Å². The van der Waals surface area contributed by atoms with E-state index in [1.165, 1.54) is 0 Å². The Labute approximate surface area is 102 Å². The number of carbonyl (C=O) groups excluding carboxylic acids is 1. The smallest absolute Gasteiger partial charge is 0.224 e. The molecule has 17 heavy (non-hydrogen) atoms. The molecule has 1 aromatic heterocycles. The highest BCUT2D eigenvalue weighted by molar-refractivity contribution is 5.78. The van der Waals surface area contributed by atoms with Crippen LogP contribution in [0.3, 0.4) is 0 Å². The largest absolute Gasteiger partial charge is 0.354 e. The van der Waals surface area contributed by atoms with Gasteiger partial charge in [0, 0.05) is 19.3 Å². The van der Waals surface area contributed by atoms with Crippen molar-refractivity contribution in [2.45, 2.75) is 26.3 Å². The first kappa shape index (κ1) is 12.1. The number of aryl methyl sites for hydroxylation is 1. The van der Waals surface area contributed by atoms with Crippen LogP contribution in [0.5, 0.6) is 0 Å². The van der Waals surface area contributed by atoms with Crippen molar-refractivity contribution in [1.82, 2.24) is 20.4 Å². The maximum Gasteiger partial charge on any atom is 0.224 e. The first-order chi connectivity index (χ1) is 8.25. The Morgan fingerprint density at radius 1 is 1.71 bits per heavy atom. The molecular weight excluding hydrogens is 216 g/mol. The molecule has 0 saturated carbocycles. The lowest BCUT2D eigenvalue weighted by atomic mass is 9.99. The van der Waals surface area contributed by atoms with Crippen molar-refractivity contribution in [3.8, 4) is 0 Å². The molecule has 1 saturated heterocycles. The van der Waals surface area contributed by atoms with E-state index in [0.29, 0.717) is 6.54 Å². The Morgan fingerprint density at radius 2 is 2.59 bits per heavy atom. The summed E-state index contributed by atoms with van der Waals surface area (Å²) in [5, 5.41) is 10.4. The van der Waals surface area contributed by atoms with Crippen molar-refractivity contribution in [3.63, 3.8) is 0 Å². The molecule has 2 rings (SSSR count). The summed E-state index contributed by atoms with van der Waals surface area (Å²) in [5.41, 5.74) is 1.15. The number of nitrogens with zero attached hydrogens (tertiary/aromatic N) is 2. The lowest BCUT2D eigenvalue weighted by Gasteiger charge is -2.21. The van der Waals surface area contributed by atoms with E-state index in [-0.39, 0.29) is 11.8 Å². The van der Waals surface area contributed by atoms with E-state index in [1.54, 1.807) is 0 Å². The monoisotopic (exact) mass is 236 g/mol. The van der Waals surface area contributed by atoms with Gasteiger partial charge in [-0.2, -0.15) is 5.10 Å². The maximum absolute atomic E-state index is 11.8. The van der Waals surface area contributed by atoms with Gasteiger partial charge in [0.1, 0.15) is 0 Å². The number of hydrogen-bond donors (Lipinski definition) is 2. The van der Waals surface area contributed by atoms with Crippen LogP contribution < -0.4 is 10.6 Å². The van der Waals surface area contributed by atoms with E-state index in [4.69, 9.17) is 0 Å². The van der Waals surface area contributed by atoms with E-state index in [0.717, 1.165) is 38.0 Å². The number of piperidine rings is 1. The molecule has 0 radical (unpaired) electrons. The van der Waals surface area contributed by atoms with Crippen LogP contribution in [0.1, 0.15) is 18.4 Å². The van der Waals surface area contributed by atoms with Gasteiger partial charge in [0.2, 0.25) is 5.91 Å². The van der Waals surface area contributed by atoms with Crippen molar-refractivity contribution in [1.29, 1.82) is 0 Å². The SMILES string of the molecule is Cc1cnn(CCNC(=O)[C@@H]2CCCNC2)c1. The molecule has 0 aromatic carbocycles. The Balaban J connectivity index is 1.69. The lowest BCUT2D eigenvalue weighted by molar-refractivity contribution is -0.125. The fourth-order valence-corrected chi connectivity index (χ4v) is 2.10. The zero-order chi connectivity index (χ0) is 12.1. The topological polar surface area (TPSA) is 59.0 Å². The van der Waals surface area contributed by atoms with E-state index in [9.17, 15) is 4.79 Å². The average molecular weight is 236 g/mol. The molecular formula is C12H20N4O. The Bertz CT molecular complexity index is 368. The molecule has 0 spiro atoms. The zero-order valence-corrected chi connectivity index (χ0v) is 10.3. The highest BCUT2D eigenvalue weighted by Crippen LogP contribution is 2.09. The predicted molar refractivity (Wildman–Crippen MR) is 65.6 cm³/mol. The fourth-order valence-electron chi connectivity index (χ4n) is 2.10. The van der Waals surface area contributed by atoms with Gasteiger partial charge in [-0.1, -0.05) is 0 Å². The summed E-state index contributed by atoms with van der Waals surface area (Å²) < 4.78 is 1.86. The molecule has 1 aliphatic heterocycles. The molecule has 2 heterocycles. The van der Waals surface area contributed by atoms with Crippen molar-refractivity contribution in [3.05, 3.63) is 18.0 Å². The van der Waals surface area contributed by atoms with E-state index in [2.05, 4.69) is 15.7 Å². The molecule has 1 aromatic rings. The van der Waals surface area contributed by atoms with Gasteiger partial charge in [0.05, 0.1) is 18.7 Å². The maximum atomic E-state index is 11.8. The van der Waals surface area contributed by atoms with E-state index < -0.39 is 0 Å². The second-order valence-corrected chi connectivity index (χ2v) is 4.62. The Kier molecular flexibility index (Phi) is 4.14. The molecule has 1 fully saturated rings. The van der Waals surface area contributed by atoms with Crippen LogP contribution in [0.4, 0.5) is 0 Å². The van der Waals surface area contributed by atoms with Crippen LogP contribution >= 0.6 is 0 Å². The number of hydrogen-bond acceptors (Lipinski definition) is 3. The number of rotatable bonds is 4. The minimum atomic E-state index is 0.142. The third-order valence-electron chi connectivity index (χ3n) is 3.07. The lowest BCUT2D eigenvalue weighted by Crippen LogP contribution is -2.41. The second-order valence-electron chi connectivity index (χ2n) is 4.62. The molecule has 2 N–H and O–H groups in total. The molecule has 94 valence electrons. The Hall–Kier alpha value is -1.36. The van der Waals surface area contributed by atoms with E-state index >= 15 is 0 Å². The molecule has 5 heteroatoms. The quantitative estimate of drug-likeness (QED) is 0.791. The summed E-state index contributed by atoms with van der Waals surface area (Å²) in [6, 6.07) is 0. The van der Waals surface area contributed by atoms with Crippen LogP contribution in [-0.4, -0.2) is 35.3 Å². The van der Waals surface area contributed by atoms with Gasteiger partial charge in [-0.3, -0.25) is 9.48 Å². The van der Waals surface area contributed by atoms with E-state index in [1.807, 2.05) is 24.0 Å². The van der Waals surface area contributed by atoms with Gasteiger partial charge < -0.3 is 10.6 Å². The summed E-state index contributed by atoms with van der Waals surface area (Å²) in [6.07, 6.45) is 5.90. The van der Waals surface area contributed by atoms with Gasteiger partial charge in [-0.25, -0.2) is 0 Å². The first-order valence-corrected chi connectivity index (χ1v) is 6.23. The molecule has 5 nitrogen and oxygen atoms in total. The standard InChI is InChI=1S/C12H20N4O/c1-10-7-15-16(9-10)6-5-14-12(17)11-3-2-4-13-8-11/h7,9,11,13H,2-6,8H2,1H3,(H,14,17)/t11-/m1/s1. The number of amides is 1. The van der Waals surface area contributed by atoms with Gasteiger partial charge in [-0.15, -0.1) is 0 Å². The minimum Gasteiger partial charge on any atom is -0.354 e. The number of nitrogens with one attached hydrogen (secondary N) is 2. The fraction of sp³-hybridized carbons (Fsp3) is 0.667. The van der Waals surface area contributed by atoms with Crippen molar-refractivity contribution < 1.29 is 4.79 Å². The Morgan fingerprint density at radius 3 is 3.24 bits per heavy atom. The third-order valence-corrected chi connectivity index (χ3v) is 3.07. The third kappa shape index (κ3) is 3.56. The normalized spacial score (nSPS) is 20.2. The molecule has 1 aliphatic rings. The summed E-state index contributed by atoms with van der Waals surface area (Å²) in [7, 11) is 0. The summed E-state index contributed by atoms with van der Waals surface area (Å²) in [6.45, 7) is 5.25. The molecule has 0 bridgehead atoms. The van der Waals surface area contributed by atoms with Gasteiger partial charge in [0.25, 0.3) is 0 Å². The van der Waals surface area contributed by atoms with Crippen LogP contribution in [0.2, 0.25) is 0 Å². The van der Waals surface area contributed by atoms with Crippen molar-refractivity contribution in [2.24, 2.45) is 5.92 Å². The zero-order valence-electron chi connectivity index (χ0n) is 10.3. The summed E-state index contributed by atoms with van der Waals surface area (Å²) in [5.74, 6) is 0.309. The van der Waals surface area contributed by atoms with Crippen molar-refractivity contribution in [2.75, 3.05) is 19.6 Å². The predicted octanol–water partition coefficient (Wildman–Crippen LogP) is 0.307. The number of carbonyl (C=O) groups is 1. The van der Waals surface area contributed by atoms with Crippen LogP contribution in [0, 0.1) is 12.8 Å². The molecule has 1 amide bonds.